The molecule has 0 aromatic carbocycles. The van der Waals surface area contributed by atoms with E-state index < -0.39 is 0 Å². The first-order chi connectivity index (χ1) is 7.58. The van der Waals surface area contributed by atoms with Crippen molar-refractivity contribution in [1.82, 2.24) is 14.9 Å². The zero-order valence-electron chi connectivity index (χ0n) is 9.55. The van der Waals surface area contributed by atoms with Gasteiger partial charge in [0.1, 0.15) is 11.5 Å². The first kappa shape index (κ1) is 10.9. The monoisotopic (exact) mass is 220 g/mol. The Kier molecular flexibility index (Phi) is 2.77. The van der Waals surface area contributed by atoms with Gasteiger partial charge in [-0.2, -0.15) is 0 Å². The van der Waals surface area contributed by atoms with Crippen LogP contribution in [-0.4, -0.2) is 34.4 Å². The molecule has 1 amide bonds. The molecule has 1 saturated carbocycles. The molecular weight excluding hydrogens is 204 g/mol. The number of nitrogens with two attached hydrogens (primary N) is 1. The Labute approximate surface area is 94.7 Å². The quantitative estimate of drug-likeness (QED) is 0.817. The van der Waals surface area contributed by atoms with Gasteiger partial charge in [0.15, 0.2) is 0 Å². The number of nitrogen functional groups attached to an aromatic ring is 1. The van der Waals surface area contributed by atoms with Crippen LogP contribution in [0.4, 0.5) is 5.82 Å². The third-order valence-electron chi connectivity index (χ3n) is 3.02. The van der Waals surface area contributed by atoms with Crippen LogP contribution in [-0.2, 0) is 0 Å². The summed E-state index contributed by atoms with van der Waals surface area (Å²) in [6.45, 7) is 3.00. The molecule has 86 valence electrons. The number of nitrogens with zero attached hydrogens (tertiary/aromatic N) is 3. The molecule has 1 aliphatic rings. The Hall–Kier alpha value is -1.65. The van der Waals surface area contributed by atoms with Crippen molar-refractivity contribution in [3.05, 3.63) is 18.1 Å². The summed E-state index contributed by atoms with van der Waals surface area (Å²) in [7, 11) is 1.80. The molecule has 2 N–H and O–H groups in total. The maximum absolute atomic E-state index is 11.9. The summed E-state index contributed by atoms with van der Waals surface area (Å²) < 4.78 is 0. The zero-order valence-corrected chi connectivity index (χ0v) is 9.55. The van der Waals surface area contributed by atoms with Gasteiger partial charge < -0.3 is 10.6 Å². The predicted octanol–water partition coefficient (Wildman–Crippen LogP) is 0.787. The van der Waals surface area contributed by atoms with E-state index in [1.807, 2.05) is 0 Å². The van der Waals surface area contributed by atoms with Gasteiger partial charge in [-0.15, -0.1) is 0 Å². The third-order valence-corrected chi connectivity index (χ3v) is 3.02. The smallest absolute Gasteiger partial charge is 0.273 e. The van der Waals surface area contributed by atoms with Crippen LogP contribution in [0.25, 0.3) is 0 Å². The first-order valence-corrected chi connectivity index (χ1v) is 5.41. The average molecular weight is 220 g/mol. The Bertz CT molecular complexity index is 389. The number of anilines is 1. The van der Waals surface area contributed by atoms with Crippen molar-refractivity contribution >= 4 is 11.7 Å². The summed E-state index contributed by atoms with van der Waals surface area (Å²) in [5, 5.41) is 0. The Morgan fingerprint density at radius 3 is 2.75 bits per heavy atom. The topological polar surface area (TPSA) is 72.1 Å². The van der Waals surface area contributed by atoms with Gasteiger partial charge in [-0.25, -0.2) is 9.97 Å². The minimum Gasteiger partial charge on any atom is -0.382 e. The SMILES string of the molecule is CC1CC1CN(C)C(=O)c1cnc(N)cn1. The molecule has 1 aromatic heterocycles. The van der Waals surface area contributed by atoms with Crippen molar-refractivity contribution in [2.45, 2.75) is 13.3 Å². The highest BCUT2D eigenvalue weighted by atomic mass is 16.2. The molecule has 0 radical (unpaired) electrons. The van der Waals surface area contributed by atoms with E-state index in [9.17, 15) is 4.79 Å². The molecule has 5 heteroatoms. The van der Waals surface area contributed by atoms with E-state index in [0.717, 1.165) is 12.5 Å². The number of hydrogen-bond donors (Lipinski definition) is 1. The van der Waals surface area contributed by atoms with Crippen molar-refractivity contribution in [2.75, 3.05) is 19.3 Å². The van der Waals surface area contributed by atoms with Crippen LogP contribution in [0.2, 0.25) is 0 Å². The molecule has 2 atom stereocenters. The second-order valence-electron chi connectivity index (χ2n) is 4.49. The fraction of sp³-hybridized carbons (Fsp3) is 0.545. The van der Waals surface area contributed by atoms with Crippen molar-refractivity contribution in [3.8, 4) is 0 Å². The van der Waals surface area contributed by atoms with E-state index in [1.165, 1.54) is 18.8 Å². The predicted molar refractivity (Wildman–Crippen MR) is 60.7 cm³/mol. The molecule has 0 spiro atoms. The van der Waals surface area contributed by atoms with E-state index in [1.54, 1.807) is 11.9 Å². The third kappa shape index (κ3) is 2.29. The summed E-state index contributed by atoms with van der Waals surface area (Å²) in [5.41, 5.74) is 5.77. The summed E-state index contributed by atoms with van der Waals surface area (Å²) in [5.74, 6) is 1.63. The van der Waals surface area contributed by atoms with E-state index in [2.05, 4.69) is 16.9 Å². The lowest BCUT2D eigenvalue weighted by atomic mass is 10.3. The standard InChI is InChI=1S/C11H16N4O/c1-7-3-8(7)6-15(2)11(16)9-4-14-10(12)5-13-9/h4-5,7-8H,3,6H2,1-2H3,(H2,12,14). The second-order valence-corrected chi connectivity index (χ2v) is 4.49. The van der Waals surface area contributed by atoms with Gasteiger partial charge in [-0.3, -0.25) is 4.79 Å². The van der Waals surface area contributed by atoms with E-state index in [4.69, 9.17) is 5.73 Å². The lowest BCUT2D eigenvalue weighted by Gasteiger charge is -2.16. The van der Waals surface area contributed by atoms with Gasteiger partial charge >= 0.3 is 0 Å². The Balaban J connectivity index is 1.98. The maximum Gasteiger partial charge on any atom is 0.273 e. The van der Waals surface area contributed by atoms with Gasteiger partial charge in [0.2, 0.25) is 0 Å². The second kappa shape index (κ2) is 4.08. The van der Waals surface area contributed by atoms with Gasteiger partial charge in [-0.05, 0) is 18.3 Å². The van der Waals surface area contributed by atoms with Crippen molar-refractivity contribution in [2.24, 2.45) is 11.8 Å². The van der Waals surface area contributed by atoms with Crippen LogP contribution >= 0.6 is 0 Å². The van der Waals surface area contributed by atoms with Crippen LogP contribution in [0.15, 0.2) is 12.4 Å². The Morgan fingerprint density at radius 1 is 1.56 bits per heavy atom. The van der Waals surface area contributed by atoms with Gasteiger partial charge in [0.05, 0.1) is 12.4 Å². The Morgan fingerprint density at radius 2 is 2.25 bits per heavy atom. The van der Waals surface area contributed by atoms with Crippen molar-refractivity contribution in [3.63, 3.8) is 0 Å². The minimum atomic E-state index is -0.0911. The van der Waals surface area contributed by atoms with E-state index in [0.29, 0.717) is 17.4 Å². The first-order valence-electron chi connectivity index (χ1n) is 5.41. The fourth-order valence-electron chi connectivity index (χ4n) is 1.73. The summed E-state index contributed by atoms with van der Waals surface area (Å²) in [4.78, 5) is 21.4. The molecule has 0 aliphatic heterocycles. The number of aromatic nitrogens is 2. The lowest BCUT2D eigenvalue weighted by molar-refractivity contribution is 0.0781. The zero-order chi connectivity index (χ0) is 11.7. The van der Waals surface area contributed by atoms with Crippen molar-refractivity contribution < 1.29 is 4.79 Å². The number of amides is 1. The molecule has 16 heavy (non-hydrogen) atoms. The van der Waals surface area contributed by atoms with Gasteiger partial charge in [0.25, 0.3) is 5.91 Å². The molecule has 2 unspecified atom stereocenters. The highest BCUT2D eigenvalue weighted by Crippen LogP contribution is 2.38. The molecule has 0 bridgehead atoms. The molecular formula is C11H16N4O. The number of carbonyl (C=O) groups is 1. The number of rotatable bonds is 3. The van der Waals surface area contributed by atoms with Crippen molar-refractivity contribution in [1.29, 1.82) is 0 Å². The van der Waals surface area contributed by atoms with Crippen LogP contribution < -0.4 is 5.73 Å². The normalized spacial score (nSPS) is 22.9. The fourth-order valence-corrected chi connectivity index (χ4v) is 1.73. The van der Waals surface area contributed by atoms with Crippen LogP contribution in [0.3, 0.4) is 0 Å². The molecule has 0 saturated heterocycles. The molecule has 1 fully saturated rings. The van der Waals surface area contributed by atoms with Crippen LogP contribution in [0.5, 0.6) is 0 Å². The molecule has 5 nitrogen and oxygen atoms in total. The molecule has 1 aliphatic carbocycles. The van der Waals surface area contributed by atoms with E-state index in [-0.39, 0.29) is 5.91 Å². The van der Waals surface area contributed by atoms with Gasteiger partial charge in [0, 0.05) is 13.6 Å². The average Bonchev–Trinajstić information content (AvgIpc) is 2.94. The summed E-state index contributed by atoms with van der Waals surface area (Å²) >= 11 is 0. The number of hydrogen-bond acceptors (Lipinski definition) is 4. The maximum atomic E-state index is 11.9. The molecule has 1 heterocycles. The highest BCUT2D eigenvalue weighted by molar-refractivity contribution is 5.91. The number of carbonyl (C=O) groups excluding carboxylic acids is 1. The molecule has 2 rings (SSSR count). The van der Waals surface area contributed by atoms with Crippen LogP contribution in [0.1, 0.15) is 23.8 Å². The molecule has 1 aromatic rings. The largest absolute Gasteiger partial charge is 0.382 e. The highest BCUT2D eigenvalue weighted by Gasteiger charge is 2.34. The summed E-state index contributed by atoms with van der Waals surface area (Å²) in [6, 6.07) is 0. The minimum absolute atomic E-state index is 0.0911. The van der Waals surface area contributed by atoms with E-state index >= 15 is 0 Å². The lowest BCUT2D eigenvalue weighted by Crippen LogP contribution is -2.29. The van der Waals surface area contributed by atoms with Crippen LogP contribution in [0, 0.1) is 11.8 Å². The summed E-state index contributed by atoms with van der Waals surface area (Å²) in [6.07, 6.45) is 4.04. The van der Waals surface area contributed by atoms with Gasteiger partial charge in [-0.1, -0.05) is 6.92 Å².